The molecule has 3 aromatic rings. The molecular formula is C24H20N2O4. The topological polar surface area (TPSA) is 79.7 Å². The minimum Gasteiger partial charge on any atom is -0.507 e. The van der Waals surface area contributed by atoms with Crippen molar-refractivity contribution in [3.8, 4) is 5.75 Å². The van der Waals surface area contributed by atoms with Gasteiger partial charge in [-0.3, -0.25) is 14.6 Å². The van der Waals surface area contributed by atoms with Crippen molar-refractivity contribution in [1.29, 1.82) is 0 Å². The average molecular weight is 400 g/mol. The molecule has 150 valence electrons. The Bertz CT molecular complexity index is 1090. The van der Waals surface area contributed by atoms with E-state index in [0.29, 0.717) is 11.3 Å². The van der Waals surface area contributed by atoms with Crippen LogP contribution >= 0.6 is 0 Å². The molecule has 1 amide bonds. The number of aliphatic hydroxyl groups excluding tert-OH is 1. The van der Waals surface area contributed by atoms with E-state index < -0.39 is 17.7 Å². The van der Waals surface area contributed by atoms with Crippen LogP contribution in [0.2, 0.25) is 0 Å². The van der Waals surface area contributed by atoms with E-state index in [1.54, 1.807) is 49.8 Å². The summed E-state index contributed by atoms with van der Waals surface area (Å²) < 4.78 is 5.15. The number of hydrogen-bond donors (Lipinski definition) is 1. The van der Waals surface area contributed by atoms with Crippen LogP contribution in [0.25, 0.3) is 5.76 Å². The van der Waals surface area contributed by atoms with Crippen LogP contribution in [0.4, 0.5) is 0 Å². The average Bonchev–Trinajstić information content (AvgIpc) is 3.05. The number of aromatic nitrogens is 1. The molecular weight excluding hydrogens is 380 g/mol. The van der Waals surface area contributed by atoms with Crippen molar-refractivity contribution >= 4 is 17.4 Å². The first-order chi connectivity index (χ1) is 14.6. The van der Waals surface area contributed by atoms with Crippen molar-refractivity contribution < 1.29 is 19.4 Å². The Balaban J connectivity index is 1.83. The van der Waals surface area contributed by atoms with Crippen LogP contribution in [-0.2, 0) is 16.1 Å². The van der Waals surface area contributed by atoms with Gasteiger partial charge in [0.15, 0.2) is 0 Å². The number of nitrogens with zero attached hydrogens (tertiary/aromatic N) is 2. The number of likely N-dealkylation sites (tertiary alicyclic amines) is 1. The third kappa shape index (κ3) is 3.55. The number of carbonyl (C=O) groups is 2. The second-order valence-electron chi connectivity index (χ2n) is 6.93. The van der Waals surface area contributed by atoms with Gasteiger partial charge in [-0.25, -0.2) is 0 Å². The second kappa shape index (κ2) is 8.21. The van der Waals surface area contributed by atoms with Gasteiger partial charge >= 0.3 is 0 Å². The standard InChI is InChI=1S/C24H20N2O4/c1-30-19-11-9-18(10-12-19)22(27)20-21(17-7-3-2-4-8-17)26(24(29)23(20)28)15-16-6-5-13-25-14-16/h2-14,21,27H,15H2,1H3. The SMILES string of the molecule is COc1ccc(C(O)=C2C(=O)C(=O)N(Cc3cccnc3)C2c2ccccc2)cc1. The van der Waals surface area contributed by atoms with E-state index in [-0.39, 0.29) is 17.9 Å². The Labute approximate surface area is 174 Å². The van der Waals surface area contributed by atoms with E-state index in [9.17, 15) is 14.7 Å². The number of ether oxygens (including phenoxy) is 1. The summed E-state index contributed by atoms with van der Waals surface area (Å²) >= 11 is 0. The van der Waals surface area contributed by atoms with Gasteiger partial charge in [-0.15, -0.1) is 0 Å². The zero-order chi connectivity index (χ0) is 21.1. The summed E-state index contributed by atoms with van der Waals surface area (Å²) in [6, 6.07) is 18.8. The predicted octanol–water partition coefficient (Wildman–Crippen LogP) is 3.71. The first-order valence-corrected chi connectivity index (χ1v) is 9.47. The third-order valence-corrected chi connectivity index (χ3v) is 5.09. The monoisotopic (exact) mass is 400 g/mol. The number of rotatable bonds is 5. The molecule has 4 rings (SSSR count). The quantitative estimate of drug-likeness (QED) is 0.401. The lowest BCUT2D eigenvalue weighted by Gasteiger charge is -2.25. The van der Waals surface area contributed by atoms with Crippen molar-refractivity contribution in [3.63, 3.8) is 0 Å². The van der Waals surface area contributed by atoms with Gasteiger partial charge in [-0.2, -0.15) is 0 Å². The molecule has 1 aliphatic heterocycles. The van der Waals surface area contributed by atoms with Crippen molar-refractivity contribution in [2.75, 3.05) is 7.11 Å². The molecule has 2 aromatic carbocycles. The van der Waals surface area contributed by atoms with Gasteiger partial charge in [0.05, 0.1) is 18.7 Å². The van der Waals surface area contributed by atoms with E-state index in [1.807, 2.05) is 36.4 Å². The summed E-state index contributed by atoms with van der Waals surface area (Å²) in [5, 5.41) is 11.0. The Morgan fingerprint density at radius 1 is 1.03 bits per heavy atom. The van der Waals surface area contributed by atoms with Crippen molar-refractivity contribution in [1.82, 2.24) is 9.88 Å². The molecule has 0 spiro atoms. The molecule has 1 fully saturated rings. The van der Waals surface area contributed by atoms with E-state index in [2.05, 4.69) is 4.98 Å². The van der Waals surface area contributed by atoms with E-state index >= 15 is 0 Å². The van der Waals surface area contributed by atoms with Gasteiger partial charge in [0.1, 0.15) is 11.5 Å². The molecule has 1 aliphatic rings. The first kappa shape index (κ1) is 19.4. The number of methoxy groups -OCH3 is 1. The summed E-state index contributed by atoms with van der Waals surface area (Å²) in [5.41, 5.74) is 2.05. The summed E-state index contributed by atoms with van der Waals surface area (Å²) in [4.78, 5) is 31.5. The van der Waals surface area contributed by atoms with Gasteiger partial charge in [-0.1, -0.05) is 36.4 Å². The number of hydrogen-bond acceptors (Lipinski definition) is 5. The van der Waals surface area contributed by atoms with Crippen LogP contribution in [0.15, 0.2) is 84.7 Å². The highest BCUT2D eigenvalue weighted by Crippen LogP contribution is 2.40. The molecule has 6 nitrogen and oxygen atoms in total. The summed E-state index contributed by atoms with van der Waals surface area (Å²) in [7, 11) is 1.55. The zero-order valence-corrected chi connectivity index (χ0v) is 16.4. The minimum absolute atomic E-state index is 0.0697. The summed E-state index contributed by atoms with van der Waals surface area (Å²) in [5.74, 6) is -0.939. The molecule has 1 unspecified atom stereocenters. The minimum atomic E-state index is -0.707. The van der Waals surface area contributed by atoms with Crippen LogP contribution in [-0.4, -0.2) is 33.8 Å². The third-order valence-electron chi connectivity index (χ3n) is 5.09. The van der Waals surface area contributed by atoms with E-state index in [4.69, 9.17) is 4.74 Å². The van der Waals surface area contributed by atoms with Crippen molar-refractivity contribution in [2.24, 2.45) is 0 Å². The molecule has 1 saturated heterocycles. The molecule has 2 heterocycles. The lowest BCUT2D eigenvalue weighted by atomic mass is 9.95. The van der Waals surface area contributed by atoms with Gasteiger partial charge in [0.25, 0.3) is 11.7 Å². The molecule has 0 radical (unpaired) electrons. The number of pyridine rings is 1. The Kier molecular flexibility index (Phi) is 5.30. The van der Waals surface area contributed by atoms with E-state index in [0.717, 1.165) is 11.1 Å². The Morgan fingerprint density at radius 2 is 1.77 bits per heavy atom. The van der Waals surface area contributed by atoms with Gasteiger partial charge in [-0.05, 0) is 41.5 Å². The highest BCUT2D eigenvalue weighted by molar-refractivity contribution is 6.46. The maximum absolute atomic E-state index is 13.0. The van der Waals surface area contributed by atoms with Crippen LogP contribution < -0.4 is 4.74 Å². The smallest absolute Gasteiger partial charge is 0.295 e. The number of Topliss-reactive ketones (excluding diaryl/α,β-unsaturated/α-hetero) is 1. The highest BCUT2D eigenvalue weighted by Gasteiger charge is 2.46. The fraction of sp³-hybridized carbons (Fsp3) is 0.125. The molecule has 0 bridgehead atoms. The van der Waals surface area contributed by atoms with E-state index in [1.165, 1.54) is 4.90 Å². The second-order valence-corrected chi connectivity index (χ2v) is 6.93. The van der Waals surface area contributed by atoms with Crippen LogP contribution in [0.1, 0.15) is 22.7 Å². The Morgan fingerprint density at radius 3 is 2.40 bits per heavy atom. The van der Waals surface area contributed by atoms with Crippen molar-refractivity contribution in [3.05, 3.63) is 101 Å². The number of ketones is 1. The maximum Gasteiger partial charge on any atom is 0.295 e. The normalized spacial score (nSPS) is 17.9. The van der Waals surface area contributed by atoms with Gasteiger partial charge in [0.2, 0.25) is 0 Å². The van der Waals surface area contributed by atoms with Crippen molar-refractivity contribution in [2.45, 2.75) is 12.6 Å². The van der Waals surface area contributed by atoms with Crippen LogP contribution in [0.5, 0.6) is 5.75 Å². The maximum atomic E-state index is 13.0. The molecule has 0 saturated carbocycles. The lowest BCUT2D eigenvalue weighted by molar-refractivity contribution is -0.140. The van der Waals surface area contributed by atoms with Gasteiger partial charge < -0.3 is 14.7 Å². The summed E-state index contributed by atoms with van der Waals surface area (Å²) in [6.07, 6.45) is 3.31. The first-order valence-electron chi connectivity index (χ1n) is 9.47. The summed E-state index contributed by atoms with van der Waals surface area (Å²) in [6.45, 7) is 0.206. The molecule has 6 heteroatoms. The molecule has 30 heavy (non-hydrogen) atoms. The fourth-order valence-corrected chi connectivity index (χ4v) is 3.62. The Hall–Kier alpha value is -3.93. The number of carbonyl (C=O) groups excluding carboxylic acids is 2. The molecule has 1 N–H and O–H groups in total. The number of aliphatic hydroxyl groups is 1. The largest absolute Gasteiger partial charge is 0.507 e. The van der Waals surface area contributed by atoms with Gasteiger partial charge in [0, 0.05) is 24.5 Å². The predicted molar refractivity (Wildman–Crippen MR) is 112 cm³/mol. The highest BCUT2D eigenvalue weighted by atomic mass is 16.5. The lowest BCUT2D eigenvalue weighted by Crippen LogP contribution is -2.29. The molecule has 0 aliphatic carbocycles. The number of benzene rings is 2. The zero-order valence-electron chi connectivity index (χ0n) is 16.4. The fourth-order valence-electron chi connectivity index (χ4n) is 3.62. The number of amides is 1. The van der Waals surface area contributed by atoms with Crippen LogP contribution in [0.3, 0.4) is 0 Å². The molecule has 1 atom stereocenters. The molecule has 1 aromatic heterocycles. The van der Waals surface area contributed by atoms with Crippen LogP contribution in [0, 0.1) is 0 Å².